The summed E-state index contributed by atoms with van der Waals surface area (Å²) in [5.41, 5.74) is 0.978. The quantitative estimate of drug-likeness (QED) is 0.778. The van der Waals surface area contributed by atoms with Gasteiger partial charge in [-0.15, -0.1) is 11.3 Å². The van der Waals surface area contributed by atoms with Gasteiger partial charge in [-0.25, -0.2) is 4.39 Å². The van der Waals surface area contributed by atoms with Crippen LogP contribution in [0.25, 0.3) is 0 Å². The maximum absolute atomic E-state index is 13.3. The first-order chi connectivity index (χ1) is 8.58. The molecule has 0 aliphatic carbocycles. The molecule has 0 amide bonds. The average Bonchev–Trinajstić information content (AvgIpc) is 2.71. The predicted octanol–water partition coefficient (Wildman–Crippen LogP) is 4.92. The highest BCUT2D eigenvalue weighted by Crippen LogP contribution is 2.29. The summed E-state index contributed by atoms with van der Waals surface area (Å²) in [5.74, 6) is -0.207. The van der Waals surface area contributed by atoms with E-state index in [2.05, 4.69) is 43.2 Å². The lowest BCUT2D eigenvalue weighted by Crippen LogP contribution is -2.17. The number of thiophene rings is 1. The third-order valence-electron chi connectivity index (χ3n) is 2.65. The van der Waals surface area contributed by atoms with Gasteiger partial charge >= 0.3 is 0 Å². The molecular weight excluding hydrogens is 381 g/mol. The Hall–Kier alpha value is -0.230. The SMILES string of the molecule is CNC(Cc1cc(F)cc(Br)c1)c1ccc(Br)s1. The van der Waals surface area contributed by atoms with Crippen LogP contribution in [-0.4, -0.2) is 7.05 Å². The molecule has 2 rings (SSSR count). The molecule has 18 heavy (non-hydrogen) atoms. The van der Waals surface area contributed by atoms with Gasteiger partial charge in [-0.3, -0.25) is 0 Å². The summed E-state index contributed by atoms with van der Waals surface area (Å²) in [6, 6.07) is 9.33. The van der Waals surface area contributed by atoms with Crippen LogP contribution in [0.5, 0.6) is 0 Å². The van der Waals surface area contributed by atoms with Crippen molar-refractivity contribution in [2.75, 3.05) is 7.05 Å². The zero-order valence-corrected chi connectivity index (χ0v) is 13.7. The van der Waals surface area contributed by atoms with Crippen LogP contribution in [0.2, 0.25) is 0 Å². The summed E-state index contributed by atoms with van der Waals surface area (Å²) in [6.45, 7) is 0. The molecule has 0 radical (unpaired) electrons. The van der Waals surface area contributed by atoms with Crippen LogP contribution in [0.1, 0.15) is 16.5 Å². The van der Waals surface area contributed by atoms with Crippen molar-refractivity contribution in [3.05, 3.63) is 54.8 Å². The Balaban J connectivity index is 2.20. The van der Waals surface area contributed by atoms with Crippen molar-refractivity contribution in [2.45, 2.75) is 12.5 Å². The minimum Gasteiger partial charge on any atom is -0.312 e. The van der Waals surface area contributed by atoms with E-state index in [-0.39, 0.29) is 11.9 Å². The van der Waals surface area contributed by atoms with Gasteiger partial charge in [-0.05, 0) is 65.3 Å². The van der Waals surface area contributed by atoms with Crippen molar-refractivity contribution < 1.29 is 4.39 Å². The minimum absolute atomic E-state index is 0.204. The number of benzene rings is 1. The Morgan fingerprint density at radius 1 is 1.28 bits per heavy atom. The molecule has 1 aromatic carbocycles. The van der Waals surface area contributed by atoms with Gasteiger partial charge in [-0.1, -0.05) is 15.9 Å². The number of likely N-dealkylation sites (N-methyl/N-ethyl adjacent to an activating group) is 1. The molecule has 1 atom stereocenters. The molecule has 0 bridgehead atoms. The van der Waals surface area contributed by atoms with Gasteiger partial charge in [0.1, 0.15) is 5.82 Å². The molecule has 1 aromatic heterocycles. The predicted molar refractivity (Wildman–Crippen MR) is 81.6 cm³/mol. The van der Waals surface area contributed by atoms with E-state index < -0.39 is 0 Å². The zero-order chi connectivity index (χ0) is 13.1. The lowest BCUT2D eigenvalue weighted by Gasteiger charge is -2.14. The second-order valence-electron chi connectivity index (χ2n) is 3.96. The van der Waals surface area contributed by atoms with Crippen molar-refractivity contribution >= 4 is 43.2 Å². The summed E-state index contributed by atoms with van der Waals surface area (Å²) in [7, 11) is 1.92. The van der Waals surface area contributed by atoms with E-state index in [0.717, 1.165) is 20.2 Å². The molecule has 0 spiro atoms. The highest BCUT2D eigenvalue weighted by atomic mass is 79.9. The van der Waals surface area contributed by atoms with Crippen molar-refractivity contribution in [1.29, 1.82) is 0 Å². The van der Waals surface area contributed by atoms with E-state index >= 15 is 0 Å². The zero-order valence-electron chi connectivity index (χ0n) is 9.71. The van der Waals surface area contributed by atoms with E-state index in [9.17, 15) is 4.39 Å². The fourth-order valence-corrected chi connectivity index (χ4v) is 3.87. The van der Waals surface area contributed by atoms with Gasteiger partial charge in [0, 0.05) is 15.4 Å². The summed E-state index contributed by atoms with van der Waals surface area (Å²) in [5, 5.41) is 3.27. The lowest BCUT2D eigenvalue weighted by molar-refractivity contribution is 0.591. The van der Waals surface area contributed by atoms with Crippen LogP contribution < -0.4 is 5.32 Å². The summed E-state index contributed by atoms with van der Waals surface area (Å²) < 4.78 is 15.2. The van der Waals surface area contributed by atoms with E-state index in [1.807, 2.05) is 19.2 Å². The Kier molecular flexibility index (Phi) is 4.95. The molecule has 0 aliphatic heterocycles. The maximum Gasteiger partial charge on any atom is 0.124 e. The molecular formula is C13H12Br2FNS. The fraction of sp³-hybridized carbons (Fsp3) is 0.231. The minimum atomic E-state index is -0.207. The van der Waals surface area contributed by atoms with Gasteiger partial charge in [0.15, 0.2) is 0 Å². The second kappa shape index (κ2) is 6.28. The molecule has 0 saturated heterocycles. The van der Waals surface area contributed by atoms with Crippen LogP contribution >= 0.6 is 43.2 Å². The van der Waals surface area contributed by atoms with Crippen molar-refractivity contribution in [1.82, 2.24) is 5.32 Å². The smallest absolute Gasteiger partial charge is 0.124 e. The number of nitrogens with one attached hydrogen (secondary N) is 1. The molecule has 0 aliphatic rings. The number of hydrogen-bond acceptors (Lipinski definition) is 2. The fourth-order valence-electron chi connectivity index (χ4n) is 1.82. The number of halogens is 3. The second-order valence-corrected chi connectivity index (χ2v) is 7.38. The van der Waals surface area contributed by atoms with E-state index in [1.54, 1.807) is 17.4 Å². The highest BCUT2D eigenvalue weighted by molar-refractivity contribution is 9.11. The van der Waals surface area contributed by atoms with E-state index in [4.69, 9.17) is 0 Å². The molecule has 1 heterocycles. The van der Waals surface area contributed by atoms with Crippen LogP contribution in [-0.2, 0) is 6.42 Å². The Morgan fingerprint density at radius 2 is 2.06 bits per heavy atom. The maximum atomic E-state index is 13.3. The standard InChI is InChI=1S/C13H12Br2FNS/c1-17-11(12-2-3-13(15)18-12)6-8-4-9(14)7-10(16)5-8/h2-5,7,11,17H,6H2,1H3. The summed E-state index contributed by atoms with van der Waals surface area (Å²) in [6.07, 6.45) is 0.764. The molecule has 1 nitrogen and oxygen atoms in total. The van der Waals surface area contributed by atoms with Crippen LogP contribution in [0.15, 0.2) is 38.6 Å². The van der Waals surface area contributed by atoms with Crippen LogP contribution in [0, 0.1) is 5.82 Å². The first kappa shape index (κ1) is 14.2. The van der Waals surface area contributed by atoms with Crippen molar-refractivity contribution in [2.24, 2.45) is 0 Å². The number of hydrogen-bond donors (Lipinski definition) is 1. The van der Waals surface area contributed by atoms with Gasteiger partial charge in [0.2, 0.25) is 0 Å². The first-order valence-electron chi connectivity index (χ1n) is 5.46. The normalized spacial score (nSPS) is 12.7. The largest absolute Gasteiger partial charge is 0.312 e. The topological polar surface area (TPSA) is 12.0 Å². The van der Waals surface area contributed by atoms with E-state index in [0.29, 0.717) is 0 Å². The monoisotopic (exact) mass is 391 g/mol. The first-order valence-corrected chi connectivity index (χ1v) is 7.86. The molecule has 1 unspecified atom stereocenters. The lowest BCUT2D eigenvalue weighted by atomic mass is 10.0. The summed E-state index contributed by atoms with van der Waals surface area (Å²) in [4.78, 5) is 1.24. The van der Waals surface area contributed by atoms with Crippen molar-refractivity contribution in [3.8, 4) is 0 Å². The highest BCUT2D eigenvalue weighted by Gasteiger charge is 2.13. The van der Waals surface area contributed by atoms with Gasteiger partial charge < -0.3 is 5.32 Å². The molecule has 5 heteroatoms. The Bertz CT molecular complexity index is 521. The third kappa shape index (κ3) is 3.63. The van der Waals surface area contributed by atoms with Gasteiger partial charge in [0.05, 0.1) is 3.79 Å². The van der Waals surface area contributed by atoms with Gasteiger partial charge in [0.25, 0.3) is 0 Å². The molecule has 1 N–H and O–H groups in total. The Morgan fingerprint density at radius 3 is 2.61 bits per heavy atom. The molecule has 0 fully saturated rings. The average molecular weight is 393 g/mol. The van der Waals surface area contributed by atoms with Gasteiger partial charge in [-0.2, -0.15) is 0 Å². The van der Waals surface area contributed by atoms with E-state index in [1.165, 1.54) is 10.9 Å². The molecule has 96 valence electrons. The summed E-state index contributed by atoms with van der Waals surface area (Å²) >= 11 is 8.48. The van der Waals surface area contributed by atoms with Crippen LogP contribution in [0.4, 0.5) is 4.39 Å². The third-order valence-corrected chi connectivity index (χ3v) is 4.84. The van der Waals surface area contributed by atoms with Crippen LogP contribution in [0.3, 0.4) is 0 Å². The molecule has 0 saturated carbocycles. The van der Waals surface area contributed by atoms with Crippen molar-refractivity contribution in [3.63, 3.8) is 0 Å². The Labute approximate surface area is 127 Å². The number of rotatable bonds is 4. The molecule has 2 aromatic rings.